The van der Waals surface area contributed by atoms with Crippen molar-refractivity contribution in [2.24, 2.45) is 14.1 Å². The summed E-state index contributed by atoms with van der Waals surface area (Å²) in [6.07, 6.45) is 0. The second-order valence-corrected chi connectivity index (χ2v) is 15.6. The van der Waals surface area contributed by atoms with Gasteiger partial charge in [-0.15, -0.1) is 11.8 Å². The Morgan fingerprint density at radius 1 is 0.652 bits per heavy atom. The second kappa shape index (κ2) is 13.1. The normalized spacial score (nSPS) is 11.7. The molecule has 4 aromatic carbocycles. The topological polar surface area (TPSA) is 69.8 Å². The van der Waals surface area contributed by atoms with Gasteiger partial charge in [-0.3, -0.25) is 9.36 Å². The zero-order valence-corrected chi connectivity index (χ0v) is 30.2. The van der Waals surface area contributed by atoms with Gasteiger partial charge in [-0.1, -0.05) is 73.5 Å². The first-order valence-corrected chi connectivity index (χ1v) is 18.4. The van der Waals surface area contributed by atoms with Gasteiger partial charge in [-0.2, -0.15) is 10.2 Å². The molecule has 240 valence electrons. The van der Waals surface area contributed by atoms with E-state index in [9.17, 15) is 8.42 Å². The van der Waals surface area contributed by atoms with E-state index in [4.69, 9.17) is 5.10 Å². The fraction of sp³-hybridized carbons (Fsp3) is 0.316. The number of rotatable bonds is 6. The molecule has 6 rings (SSSR count). The Morgan fingerprint density at radius 2 is 1.09 bits per heavy atom. The van der Waals surface area contributed by atoms with Gasteiger partial charge in [0.2, 0.25) is 0 Å². The fourth-order valence-electron chi connectivity index (χ4n) is 6.81. The van der Waals surface area contributed by atoms with Crippen molar-refractivity contribution in [1.29, 1.82) is 0 Å². The summed E-state index contributed by atoms with van der Waals surface area (Å²) < 4.78 is 28.4. The molecule has 2 heterocycles. The highest BCUT2D eigenvalue weighted by atomic mass is 32.2. The predicted molar refractivity (Wildman–Crippen MR) is 195 cm³/mol. The molecule has 0 radical (unpaired) electrons. The number of nitrogens with zero attached hydrogens (tertiary/aromatic N) is 4. The Bertz CT molecular complexity index is 2160. The average molecular weight is 653 g/mol. The maximum Gasteiger partial charge on any atom is 0.195 e. The molecule has 2 aromatic heterocycles. The van der Waals surface area contributed by atoms with E-state index in [-0.39, 0.29) is 5.75 Å². The minimum atomic E-state index is -3.34. The van der Waals surface area contributed by atoms with Crippen LogP contribution in [0.2, 0.25) is 0 Å². The van der Waals surface area contributed by atoms with Gasteiger partial charge in [-0.25, -0.2) is 8.42 Å². The number of fused-ring (bicyclic) bond motifs is 2. The molecule has 0 saturated carbocycles. The van der Waals surface area contributed by atoms with Crippen molar-refractivity contribution in [3.63, 3.8) is 0 Å². The Morgan fingerprint density at radius 3 is 1.54 bits per heavy atom. The molecule has 0 N–H and O–H groups in total. The van der Waals surface area contributed by atoms with E-state index in [1.54, 1.807) is 14.0 Å². The summed E-state index contributed by atoms with van der Waals surface area (Å²) in [7, 11) is 0.396. The lowest BCUT2D eigenvalue weighted by atomic mass is 9.93. The lowest BCUT2D eigenvalue weighted by Crippen LogP contribution is -2.09. The van der Waals surface area contributed by atoms with Gasteiger partial charge in [0.05, 0.1) is 5.75 Å². The van der Waals surface area contributed by atoms with Gasteiger partial charge < -0.3 is 0 Å². The molecule has 46 heavy (non-hydrogen) atoms. The van der Waals surface area contributed by atoms with E-state index < -0.39 is 9.84 Å². The van der Waals surface area contributed by atoms with Gasteiger partial charge in [0.15, 0.2) is 14.9 Å². The molecule has 0 unspecified atom stereocenters. The summed E-state index contributed by atoms with van der Waals surface area (Å²) in [6.45, 7) is 16.6. The predicted octanol–water partition coefficient (Wildman–Crippen LogP) is 9.24. The van der Waals surface area contributed by atoms with Crippen LogP contribution in [0.15, 0.2) is 70.7 Å². The third-order valence-corrected chi connectivity index (χ3v) is 11.3. The molecular formula is C38H44N4O2S2. The van der Waals surface area contributed by atoms with Crippen LogP contribution in [-0.4, -0.2) is 39.5 Å². The molecule has 6 nitrogen and oxygen atoms in total. The smallest absolute Gasteiger partial charge is 0.195 e. The van der Waals surface area contributed by atoms with Gasteiger partial charge in [0, 0.05) is 36.0 Å². The molecule has 0 bridgehead atoms. The summed E-state index contributed by atoms with van der Waals surface area (Å²) in [6, 6.07) is 21.1. The largest absolute Gasteiger partial charge is 0.261 e. The van der Waals surface area contributed by atoms with Crippen molar-refractivity contribution >= 4 is 43.4 Å². The van der Waals surface area contributed by atoms with Crippen LogP contribution in [0, 0.1) is 41.5 Å². The maximum atomic E-state index is 12.5. The Labute approximate surface area is 277 Å². The molecule has 0 amide bonds. The molecule has 8 heteroatoms. The van der Waals surface area contributed by atoms with Crippen molar-refractivity contribution in [3.8, 4) is 22.3 Å². The van der Waals surface area contributed by atoms with Crippen LogP contribution in [0.4, 0.5) is 0 Å². The summed E-state index contributed by atoms with van der Waals surface area (Å²) in [5, 5.41) is 12.8. The fourth-order valence-corrected chi connectivity index (χ4v) is 8.85. The van der Waals surface area contributed by atoms with Gasteiger partial charge in [0.1, 0.15) is 16.1 Å². The lowest BCUT2D eigenvalue weighted by molar-refractivity contribution is 0.580. The summed E-state index contributed by atoms with van der Waals surface area (Å²) in [5.41, 5.74) is 14.0. The first-order chi connectivity index (χ1) is 21.8. The monoisotopic (exact) mass is 652 g/mol. The molecule has 0 atom stereocenters. The number of hydrogen-bond acceptors (Lipinski definition) is 5. The first-order valence-electron chi connectivity index (χ1n) is 15.7. The molecule has 0 aliphatic carbocycles. The second-order valence-electron chi connectivity index (χ2n) is 12.1. The Balaban J connectivity index is 0.000000182. The van der Waals surface area contributed by atoms with Gasteiger partial charge in [-0.05, 0) is 92.8 Å². The number of hydrogen-bond donors (Lipinski definition) is 0. The number of aromatic nitrogens is 4. The van der Waals surface area contributed by atoms with Crippen LogP contribution in [0.1, 0.15) is 47.2 Å². The Hall–Kier alpha value is -3.88. The average Bonchev–Trinajstić information content (AvgIpc) is 3.49. The SMILES string of the molecule is CCS(=O)(=O)c1c2cccc(-c3c(C)cc(C)cc3C)c2nn1C.CCSc1c2cccc(-c3c(C)cc(C)cc3C)c2nn1C. The third kappa shape index (κ3) is 6.13. The molecule has 0 aliphatic heterocycles. The van der Waals surface area contributed by atoms with E-state index >= 15 is 0 Å². The van der Waals surface area contributed by atoms with Crippen molar-refractivity contribution < 1.29 is 8.42 Å². The van der Waals surface area contributed by atoms with Crippen LogP contribution in [0.3, 0.4) is 0 Å². The maximum absolute atomic E-state index is 12.5. The summed E-state index contributed by atoms with van der Waals surface area (Å²) >= 11 is 1.85. The molecule has 6 aromatic rings. The van der Waals surface area contributed by atoms with Crippen LogP contribution in [-0.2, 0) is 23.9 Å². The van der Waals surface area contributed by atoms with Crippen molar-refractivity contribution in [2.45, 2.75) is 65.4 Å². The lowest BCUT2D eigenvalue weighted by Gasteiger charge is -2.12. The van der Waals surface area contributed by atoms with Crippen LogP contribution in [0.25, 0.3) is 44.1 Å². The van der Waals surface area contributed by atoms with E-state index in [0.29, 0.717) is 10.4 Å². The number of benzene rings is 4. The zero-order valence-electron chi connectivity index (χ0n) is 28.6. The highest BCUT2D eigenvalue weighted by molar-refractivity contribution is 7.99. The number of aryl methyl sites for hydroxylation is 8. The first kappa shape index (κ1) is 33.5. The number of thioether (sulfide) groups is 1. The molecule has 0 aliphatic rings. The quantitative estimate of drug-likeness (QED) is 0.168. The third-order valence-electron chi connectivity index (χ3n) is 8.47. The highest BCUT2D eigenvalue weighted by Crippen LogP contribution is 2.38. The molecular weight excluding hydrogens is 609 g/mol. The highest BCUT2D eigenvalue weighted by Gasteiger charge is 2.23. The van der Waals surface area contributed by atoms with Gasteiger partial charge >= 0.3 is 0 Å². The Kier molecular flexibility index (Phi) is 9.52. The summed E-state index contributed by atoms with van der Waals surface area (Å²) in [4.78, 5) is 0. The molecule has 0 spiro atoms. The van der Waals surface area contributed by atoms with Crippen molar-refractivity contribution in [2.75, 3.05) is 11.5 Å². The van der Waals surface area contributed by atoms with Crippen molar-refractivity contribution in [1.82, 2.24) is 19.6 Å². The minimum absolute atomic E-state index is 0.0639. The van der Waals surface area contributed by atoms with Gasteiger partial charge in [0.25, 0.3) is 0 Å². The zero-order chi connectivity index (χ0) is 33.5. The minimum Gasteiger partial charge on any atom is -0.261 e. The standard InChI is InChI=1S/C19H22N2O2S.C19H22N2S/c1-6-24(22,23)19-16-9-7-8-15(18(16)20-21(19)5)17-13(3)10-12(2)11-14(17)4;1-6-22-19-16-9-7-8-15(18(16)20-21(19)5)17-13(3)10-12(2)11-14(17)4/h7-11H,6H2,1-5H3;7-11H,6H2,1-5H3. The van der Waals surface area contributed by atoms with E-state index in [1.165, 1.54) is 59.6 Å². The van der Waals surface area contributed by atoms with Crippen molar-refractivity contribution in [3.05, 3.63) is 94.0 Å². The van der Waals surface area contributed by atoms with E-state index in [2.05, 4.69) is 96.0 Å². The van der Waals surface area contributed by atoms with Crippen LogP contribution in [0.5, 0.6) is 0 Å². The summed E-state index contributed by atoms with van der Waals surface area (Å²) in [5.74, 6) is 1.12. The van der Waals surface area contributed by atoms with Crippen LogP contribution < -0.4 is 0 Å². The van der Waals surface area contributed by atoms with E-state index in [0.717, 1.165) is 27.9 Å². The van der Waals surface area contributed by atoms with Crippen LogP contribution >= 0.6 is 11.8 Å². The van der Waals surface area contributed by atoms with E-state index in [1.807, 2.05) is 41.7 Å². The molecule has 0 fully saturated rings. The number of sulfone groups is 1. The molecule has 0 saturated heterocycles.